The van der Waals surface area contributed by atoms with E-state index in [2.05, 4.69) is 11.2 Å². The molecule has 0 aliphatic rings. The van der Waals surface area contributed by atoms with Crippen molar-refractivity contribution >= 4 is 5.97 Å². The zero-order valence-electron chi connectivity index (χ0n) is 10.5. The predicted molar refractivity (Wildman–Crippen MR) is 65.6 cm³/mol. The molecular weight excluding hydrogens is 216 g/mol. The maximum absolute atomic E-state index is 11.4. The first-order valence-electron chi connectivity index (χ1n) is 5.61. The van der Waals surface area contributed by atoms with Crippen molar-refractivity contribution in [2.45, 2.75) is 39.2 Å². The molecule has 0 spiro atoms. The van der Waals surface area contributed by atoms with Crippen molar-refractivity contribution in [2.75, 3.05) is 6.61 Å². The maximum Gasteiger partial charge on any atom is 0.350 e. The number of rotatable bonds is 6. The van der Waals surface area contributed by atoms with Crippen molar-refractivity contribution in [3.8, 4) is 18.4 Å². The molecule has 4 heteroatoms. The fraction of sp³-hybridized carbons (Fsp3) is 0.538. The first-order chi connectivity index (χ1) is 8.09. The number of esters is 1. The quantitative estimate of drug-likeness (QED) is 0.329. The molecule has 17 heavy (non-hydrogen) atoms. The summed E-state index contributed by atoms with van der Waals surface area (Å²) in [6, 6.07) is 1.79. The van der Waals surface area contributed by atoms with Crippen LogP contribution in [0.3, 0.4) is 0 Å². The molecule has 0 radical (unpaired) electrons. The normalized spacial score (nSPS) is 11.2. The van der Waals surface area contributed by atoms with E-state index in [1.807, 2.05) is 13.8 Å². The molecule has 1 N–H and O–H groups in total. The molecular formula is C13H18N2O2. The van der Waals surface area contributed by atoms with Crippen LogP contribution in [0, 0.1) is 23.7 Å². The lowest BCUT2D eigenvalue weighted by Crippen LogP contribution is -2.39. The molecule has 0 aliphatic heterocycles. The minimum absolute atomic E-state index is 0.0756. The van der Waals surface area contributed by atoms with Gasteiger partial charge >= 0.3 is 5.97 Å². The van der Waals surface area contributed by atoms with Gasteiger partial charge in [0.1, 0.15) is 6.07 Å². The van der Waals surface area contributed by atoms with E-state index in [0.29, 0.717) is 12.8 Å². The van der Waals surface area contributed by atoms with Gasteiger partial charge in [-0.05, 0) is 19.8 Å². The minimum atomic E-state index is -0.638. The maximum atomic E-state index is 11.4. The molecule has 0 amide bonds. The lowest BCUT2D eigenvalue weighted by atomic mass is 9.94. The van der Waals surface area contributed by atoms with Crippen LogP contribution in [0.15, 0.2) is 11.8 Å². The van der Waals surface area contributed by atoms with Gasteiger partial charge in [-0.1, -0.05) is 19.8 Å². The van der Waals surface area contributed by atoms with Gasteiger partial charge in [0.25, 0.3) is 0 Å². The minimum Gasteiger partial charge on any atom is -0.462 e. The lowest BCUT2D eigenvalue weighted by molar-refractivity contribution is -0.138. The summed E-state index contributed by atoms with van der Waals surface area (Å²) in [7, 11) is 0. The predicted octanol–water partition coefficient (Wildman–Crippen LogP) is 1.74. The van der Waals surface area contributed by atoms with Crippen molar-refractivity contribution in [2.24, 2.45) is 0 Å². The van der Waals surface area contributed by atoms with Crippen LogP contribution in [-0.4, -0.2) is 18.1 Å². The largest absolute Gasteiger partial charge is 0.462 e. The highest BCUT2D eigenvalue weighted by Gasteiger charge is 2.22. The Balaban J connectivity index is 4.85. The third-order valence-electron chi connectivity index (χ3n) is 2.59. The fourth-order valence-corrected chi connectivity index (χ4v) is 1.26. The second kappa shape index (κ2) is 7.35. The average Bonchev–Trinajstić information content (AvgIpc) is 2.36. The molecule has 0 aromatic heterocycles. The number of nitriles is 1. The Morgan fingerprint density at radius 3 is 2.41 bits per heavy atom. The summed E-state index contributed by atoms with van der Waals surface area (Å²) in [4.78, 5) is 11.4. The Kier molecular flexibility index (Phi) is 6.51. The van der Waals surface area contributed by atoms with Gasteiger partial charge in [-0.3, -0.25) is 0 Å². The summed E-state index contributed by atoms with van der Waals surface area (Å²) in [5.41, 5.74) is -0.595. The second-order valence-corrected chi connectivity index (χ2v) is 3.47. The summed E-state index contributed by atoms with van der Waals surface area (Å²) in [5, 5.41) is 11.8. The number of carbonyl (C=O) groups excluding carboxylic acids is 1. The van der Waals surface area contributed by atoms with Gasteiger partial charge in [0.15, 0.2) is 5.57 Å². The third kappa shape index (κ3) is 4.20. The van der Waals surface area contributed by atoms with E-state index in [-0.39, 0.29) is 12.2 Å². The smallest absolute Gasteiger partial charge is 0.350 e. The molecule has 0 saturated carbocycles. The Hall–Kier alpha value is -1.94. The summed E-state index contributed by atoms with van der Waals surface area (Å²) >= 11 is 0. The van der Waals surface area contributed by atoms with Crippen molar-refractivity contribution in [1.82, 2.24) is 5.32 Å². The Labute approximate surface area is 103 Å². The van der Waals surface area contributed by atoms with E-state index < -0.39 is 11.5 Å². The highest BCUT2D eigenvalue weighted by atomic mass is 16.5. The van der Waals surface area contributed by atoms with Gasteiger partial charge < -0.3 is 10.1 Å². The number of ether oxygens (including phenoxy) is 1. The molecule has 92 valence electrons. The summed E-state index contributed by atoms with van der Waals surface area (Å²) < 4.78 is 4.74. The van der Waals surface area contributed by atoms with Gasteiger partial charge in [0, 0.05) is 6.20 Å². The van der Waals surface area contributed by atoms with Crippen molar-refractivity contribution < 1.29 is 9.53 Å². The Morgan fingerprint density at radius 2 is 2.06 bits per heavy atom. The van der Waals surface area contributed by atoms with Crippen LogP contribution in [-0.2, 0) is 9.53 Å². The molecule has 0 aliphatic carbocycles. The van der Waals surface area contributed by atoms with Crippen LogP contribution >= 0.6 is 0 Å². The molecule has 0 atom stereocenters. The number of nitrogens with zero attached hydrogens (tertiary/aromatic N) is 1. The molecule has 0 saturated heterocycles. The van der Waals surface area contributed by atoms with Gasteiger partial charge in [0.05, 0.1) is 12.1 Å². The van der Waals surface area contributed by atoms with Crippen molar-refractivity contribution in [3.05, 3.63) is 11.8 Å². The van der Waals surface area contributed by atoms with Crippen LogP contribution in [0.2, 0.25) is 0 Å². The number of hydrogen-bond donors (Lipinski definition) is 1. The van der Waals surface area contributed by atoms with Crippen LogP contribution in [0.4, 0.5) is 0 Å². The Bertz CT molecular complexity index is 368. The Morgan fingerprint density at radius 1 is 1.47 bits per heavy atom. The average molecular weight is 234 g/mol. The van der Waals surface area contributed by atoms with Gasteiger partial charge in [0.2, 0.25) is 0 Å². The molecule has 0 heterocycles. The van der Waals surface area contributed by atoms with Crippen LogP contribution in [0.1, 0.15) is 33.6 Å². The zero-order valence-corrected chi connectivity index (χ0v) is 10.5. The number of carbonyl (C=O) groups is 1. The molecule has 0 fully saturated rings. The van der Waals surface area contributed by atoms with Gasteiger partial charge in [-0.25, -0.2) is 4.79 Å². The first-order valence-corrected chi connectivity index (χ1v) is 5.61. The highest BCUT2D eigenvalue weighted by molar-refractivity contribution is 5.92. The van der Waals surface area contributed by atoms with E-state index in [4.69, 9.17) is 16.4 Å². The number of nitrogens with one attached hydrogen (secondary N) is 1. The van der Waals surface area contributed by atoms with Crippen LogP contribution < -0.4 is 5.32 Å². The molecule has 0 unspecified atom stereocenters. The van der Waals surface area contributed by atoms with Crippen LogP contribution in [0.25, 0.3) is 0 Å². The second-order valence-electron chi connectivity index (χ2n) is 3.47. The summed E-state index contributed by atoms with van der Waals surface area (Å²) in [6.07, 6.45) is 8.20. The van der Waals surface area contributed by atoms with E-state index >= 15 is 0 Å². The lowest BCUT2D eigenvalue weighted by Gasteiger charge is -2.26. The topological polar surface area (TPSA) is 62.1 Å². The zero-order chi connectivity index (χ0) is 13.3. The highest BCUT2D eigenvalue weighted by Crippen LogP contribution is 2.14. The van der Waals surface area contributed by atoms with E-state index in [0.717, 1.165) is 0 Å². The third-order valence-corrected chi connectivity index (χ3v) is 2.59. The standard InChI is InChI=1S/C13H18N2O2/c1-5-13(6-2,7-3)15-10-11(9-14)12(16)17-8-4/h1,10,15H,6-8H2,2-4H3. The van der Waals surface area contributed by atoms with Crippen molar-refractivity contribution in [1.29, 1.82) is 5.26 Å². The molecule has 0 bridgehead atoms. The van der Waals surface area contributed by atoms with Gasteiger partial charge in [-0.15, -0.1) is 6.42 Å². The SMILES string of the molecule is C#CC(CC)(CC)NC=C(C#N)C(=O)OCC. The number of hydrogen-bond acceptors (Lipinski definition) is 4. The summed E-state index contributed by atoms with van der Waals surface area (Å²) in [5.74, 6) is 2.01. The first kappa shape index (κ1) is 15.1. The van der Waals surface area contributed by atoms with E-state index in [1.165, 1.54) is 6.20 Å². The monoisotopic (exact) mass is 234 g/mol. The molecule has 0 rings (SSSR count). The molecule has 4 nitrogen and oxygen atoms in total. The van der Waals surface area contributed by atoms with E-state index in [1.54, 1.807) is 13.0 Å². The molecule has 0 aromatic carbocycles. The molecule has 0 aromatic rings. The van der Waals surface area contributed by atoms with Gasteiger partial charge in [-0.2, -0.15) is 5.26 Å². The van der Waals surface area contributed by atoms with E-state index in [9.17, 15) is 4.79 Å². The van der Waals surface area contributed by atoms with Crippen LogP contribution in [0.5, 0.6) is 0 Å². The fourth-order valence-electron chi connectivity index (χ4n) is 1.26. The number of terminal acetylenes is 1. The summed E-state index contributed by atoms with van der Waals surface area (Å²) in [6.45, 7) is 5.81. The van der Waals surface area contributed by atoms with Crippen molar-refractivity contribution in [3.63, 3.8) is 0 Å².